The smallest absolute Gasteiger partial charge is 0.255 e. The van der Waals surface area contributed by atoms with Crippen LogP contribution in [-0.4, -0.2) is 44.8 Å². The van der Waals surface area contributed by atoms with Gasteiger partial charge in [0.1, 0.15) is 16.5 Å². The fourth-order valence-corrected chi connectivity index (χ4v) is 5.33. The van der Waals surface area contributed by atoms with Crippen molar-refractivity contribution in [2.75, 3.05) is 36.4 Å². The minimum atomic E-state index is -4.15. The number of amides is 1. The number of benzene rings is 3. The number of anilines is 2. The summed E-state index contributed by atoms with van der Waals surface area (Å²) in [6.45, 7) is 1.01. The molecular weight excluding hydrogens is 516 g/mol. The van der Waals surface area contributed by atoms with E-state index in [-0.39, 0.29) is 24.5 Å². The largest absolute Gasteiger partial charge is 0.369 e. The molecule has 0 aromatic heterocycles. The fourth-order valence-electron chi connectivity index (χ4n) is 3.56. The monoisotopic (exact) mass is 535 g/mol. The number of halogens is 3. The Kier molecular flexibility index (Phi) is 6.78. The fraction of sp³-hybridized carbons (Fsp3) is 0.174. The molecule has 0 bridgehead atoms. The van der Waals surface area contributed by atoms with Gasteiger partial charge in [0.25, 0.3) is 5.91 Å². The zero-order valence-corrected chi connectivity index (χ0v) is 19.7. The number of hydrogen-bond donors (Lipinski definition) is 1. The molecule has 1 saturated heterocycles. The van der Waals surface area contributed by atoms with Crippen molar-refractivity contribution in [2.24, 2.45) is 0 Å². The number of piperazine rings is 1. The van der Waals surface area contributed by atoms with E-state index in [1.165, 1.54) is 22.5 Å². The predicted octanol–water partition coefficient (Wildman–Crippen LogP) is 4.49. The van der Waals surface area contributed by atoms with Crippen LogP contribution in [-0.2, 0) is 10.0 Å². The van der Waals surface area contributed by atoms with Crippen LogP contribution in [0.15, 0.2) is 76.1 Å². The third-order valence-corrected chi connectivity index (χ3v) is 7.79. The summed E-state index contributed by atoms with van der Waals surface area (Å²) in [6, 6.07) is 16.1. The Morgan fingerprint density at radius 1 is 0.879 bits per heavy atom. The van der Waals surface area contributed by atoms with Crippen LogP contribution in [0.4, 0.5) is 20.2 Å². The van der Waals surface area contributed by atoms with Gasteiger partial charge < -0.3 is 10.2 Å². The van der Waals surface area contributed by atoms with E-state index in [0.29, 0.717) is 18.8 Å². The molecule has 6 nitrogen and oxygen atoms in total. The SMILES string of the molecule is O=C(Nc1ccc(Br)cc1)c1ccc(F)c(S(=O)(=O)N2CCN(c3ccc(F)cc3)CC2)c1. The van der Waals surface area contributed by atoms with Crippen LogP contribution in [0, 0.1) is 11.6 Å². The lowest BCUT2D eigenvalue weighted by molar-refractivity contribution is 0.102. The van der Waals surface area contributed by atoms with E-state index in [1.807, 2.05) is 4.90 Å². The number of nitrogens with one attached hydrogen (secondary N) is 1. The predicted molar refractivity (Wildman–Crippen MR) is 126 cm³/mol. The lowest BCUT2D eigenvalue weighted by Gasteiger charge is -2.35. The molecule has 33 heavy (non-hydrogen) atoms. The number of nitrogens with zero attached hydrogens (tertiary/aromatic N) is 2. The van der Waals surface area contributed by atoms with Crippen LogP contribution in [0.2, 0.25) is 0 Å². The zero-order valence-electron chi connectivity index (χ0n) is 17.3. The van der Waals surface area contributed by atoms with Crippen LogP contribution in [0.5, 0.6) is 0 Å². The number of sulfonamides is 1. The Bertz CT molecular complexity index is 1260. The van der Waals surface area contributed by atoms with E-state index in [1.54, 1.807) is 36.4 Å². The Labute approximate surface area is 199 Å². The van der Waals surface area contributed by atoms with Gasteiger partial charge in [-0.25, -0.2) is 17.2 Å². The summed E-state index contributed by atoms with van der Waals surface area (Å²) in [5.41, 5.74) is 1.34. The molecular formula is C23H20BrF2N3O3S. The molecule has 0 spiro atoms. The topological polar surface area (TPSA) is 69.7 Å². The van der Waals surface area contributed by atoms with Crippen molar-refractivity contribution < 1.29 is 22.0 Å². The molecule has 0 aliphatic carbocycles. The summed E-state index contributed by atoms with van der Waals surface area (Å²) in [7, 11) is -4.15. The maximum atomic E-state index is 14.5. The molecule has 3 aromatic rings. The summed E-state index contributed by atoms with van der Waals surface area (Å²) < 4.78 is 56.0. The van der Waals surface area contributed by atoms with Crippen molar-refractivity contribution in [3.8, 4) is 0 Å². The molecule has 0 unspecified atom stereocenters. The molecule has 1 fully saturated rings. The van der Waals surface area contributed by atoms with Crippen LogP contribution < -0.4 is 10.2 Å². The third kappa shape index (κ3) is 5.23. The second-order valence-electron chi connectivity index (χ2n) is 7.47. The Balaban J connectivity index is 1.50. The van der Waals surface area contributed by atoms with E-state index in [2.05, 4.69) is 21.2 Å². The first kappa shape index (κ1) is 23.3. The van der Waals surface area contributed by atoms with Gasteiger partial charge >= 0.3 is 0 Å². The van der Waals surface area contributed by atoms with Crippen molar-refractivity contribution in [2.45, 2.75) is 4.90 Å². The van der Waals surface area contributed by atoms with Gasteiger partial charge in [0.15, 0.2) is 0 Å². The van der Waals surface area contributed by atoms with Gasteiger partial charge in [-0.3, -0.25) is 4.79 Å². The van der Waals surface area contributed by atoms with Crippen molar-refractivity contribution >= 4 is 43.2 Å². The molecule has 0 saturated carbocycles. The first-order chi connectivity index (χ1) is 15.7. The minimum absolute atomic E-state index is 0.0304. The van der Waals surface area contributed by atoms with Crippen molar-refractivity contribution in [1.82, 2.24) is 4.31 Å². The van der Waals surface area contributed by atoms with Gasteiger partial charge in [-0.05, 0) is 66.7 Å². The van der Waals surface area contributed by atoms with Gasteiger partial charge in [0.2, 0.25) is 10.0 Å². The van der Waals surface area contributed by atoms with E-state index in [4.69, 9.17) is 0 Å². The maximum Gasteiger partial charge on any atom is 0.255 e. The van der Waals surface area contributed by atoms with Crippen molar-refractivity contribution in [3.05, 3.63) is 88.4 Å². The van der Waals surface area contributed by atoms with E-state index in [0.717, 1.165) is 22.3 Å². The molecule has 1 aliphatic rings. The van der Waals surface area contributed by atoms with E-state index >= 15 is 0 Å². The number of carbonyl (C=O) groups excluding carboxylic acids is 1. The van der Waals surface area contributed by atoms with E-state index in [9.17, 15) is 22.0 Å². The lowest BCUT2D eigenvalue weighted by atomic mass is 10.2. The average Bonchev–Trinajstić information content (AvgIpc) is 2.81. The summed E-state index contributed by atoms with van der Waals surface area (Å²) in [5, 5.41) is 2.67. The van der Waals surface area contributed by atoms with Gasteiger partial charge in [-0.2, -0.15) is 4.31 Å². The molecule has 10 heteroatoms. The first-order valence-electron chi connectivity index (χ1n) is 10.1. The minimum Gasteiger partial charge on any atom is -0.369 e. The summed E-state index contributed by atoms with van der Waals surface area (Å²) in [6.07, 6.45) is 0. The highest BCUT2D eigenvalue weighted by Gasteiger charge is 2.31. The number of rotatable bonds is 5. The van der Waals surface area contributed by atoms with Crippen molar-refractivity contribution in [3.63, 3.8) is 0 Å². The van der Waals surface area contributed by atoms with Gasteiger partial charge in [0, 0.05) is 47.6 Å². The standard InChI is InChI=1S/C23H20BrF2N3O3S/c24-17-2-6-19(7-3-17)27-23(30)16-1-10-21(26)22(15-16)33(31,32)29-13-11-28(12-14-29)20-8-4-18(25)5-9-20/h1-10,15H,11-14H2,(H,27,30). The Morgan fingerprint density at radius 2 is 1.52 bits per heavy atom. The molecule has 0 radical (unpaired) electrons. The van der Waals surface area contributed by atoms with E-state index < -0.39 is 26.6 Å². The highest BCUT2D eigenvalue weighted by Crippen LogP contribution is 2.25. The van der Waals surface area contributed by atoms with Crippen LogP contribution in [0.25, 0.3) is 0 Å². The molecule has 3 aromatic carbocycles. The second kappa shape index (κ2) is 9.58. The van der Waals surface area contributed by atoms with Crippen LogP contribution >= 0.6 is 15.9 Å². The lowest BCUT2D eigenvalue weighted by Crippen LogP contribution is -2.48. The zero-order chi connectivity index (χ0) is 23.6. The van der Waals surface area contributed by atoms with Gasteiger partial charge in [0.05, 0.1) is 0 Å². The molecule has 172 valence electrons. The number of hydrogen-bond acceptors (Lipinski definition) is 4. The molecule has 1 aliphatic heterocycles. The van der Waals surface area contributed by atoms with Crippen molar-refractivity contribution in [1.29, 1.82) is 0 Å². The highest BCUT2D eigenvalue weighted by atomic mass is 79.9. The second-order valence-corrected chi connectivity index (χ2v) is 10.3. The molecule has 1 N–H and O–H groups in total. The first-order valence-corrected chi connectivity index (χ1v) is 12.3. The molecule has 1 heterocycles. The molecule has 0 atom stereocenters. The molecule has 4 rings (SSSR count). The van der Waals surface area contributed by atoms with Gasteiger partial charge in [-0.15, -0.1) is 0 Å². The van der Waals surface area contributed by atoms with Crippen LogP contribution in [0.1, 0.15) is 10.4 Å². The summed E-state index contributed by atoms with van der Waals surface area (Å²) in [5.74, 6) is -1.81. The van der Waals surface area contributed by atoms with Crippen LogP contribution in [0.3, 0.4) is 0 Å². The summed E-state index contributed by atoms with van der Waals surface area (Å²) in [4.78, 5) is 14.0. The highest BCUT2D eigenvalue weighted by molar-refractivity contribution is 9.10. The normalized spacial score (nSPS) is 14.8. The summed E-state index contributed by atoms with van der Waals surface area (Å²) >= 11 is 3.31. The average molecular weight is 536 g/mol. The third-order valence-electron chi connectivity index (χ3n) is 5.34. The quantitative estimate of drug-likeness (QED) is 0.522. The molecule has 1 amide bonds. The maximum absolute atomic E-state index is 14.5. The Hall–Kier alpha value is -2.82. The van der Waals surface area contributed by atoms with Gasteiger partial charge in [-0.1, -0.05) is 15.9 Å². The Morgan fingerprint density at radius 3 is 2.15 bits per heavy atom. The number of carbonyl (C=O) groups is 1.